The van der Waals surface area contributed by atoms with Crippen LogP contribution in [0.3, 0.4) is 0 Å². The van der Waals surface area contributed by atoms with Crippen molar-refractivity contribution in [1.82, 2.24) is 0 Å². The molecule has 4 rings (SSSR count). The van der Waals surface area contributed by atoms with E-state index < -0.39 is 12.2 Å². The van der Waals surface area contributed by atoms with E-state index in [-0.39, 0.29) is 0 Å². The molecule has 0 aromatic heterocycles. The minimum atomic E-state index is -0.619. The fraction of sp³-hybridized carbons (Fsp3) is 0.704. The first-order chi connectivity index (χ1) is 14.3. The highest BCUT2D eigenvalue weighted by atomic mass is 16.3. The average molecular weight is 413 g/mol. The van der Waals surface area contributed by atoms with Gasteiger partial charge in [0, 0.05) is 12.3 Å². The monoisotopic (exact) mass is 412 g/mol. The number of hydrogen-bond donors (Lipinski definition) is 3. The average Bonchev–Trinajstić information content (AvgIpc) is 3.49. The molecule has 3 nitrogen and oxygen atoms in total. The third kappa shape index (κ3) is 4.34. The molecule has 0 aromatic carbocycles. The van der Waals surface area contributed by atoms with Crippen molar-refractivity contribution in [2.75, 3.05) is 0 Å². The third-order valence-electron chi connectivity index (χ3n) is 8.68. The van der Waals surface area contributed by atoms with Crippen LogP contribution in [0.5, 0.6) is 0 Å². The summed E-state index contributed by atoms with van der Waals surface area (Å²) in [5, 5.41) is 30.3. The van der Waals surface area contributed by atoms with Gasteiger partial charge in [-0.05, 0) is 98.2 Å². The van der Waals surface area contributed by atoms with Gasteiger partial charge in [0.05, 0.1) is 18.0 Å². The molecule has 4 fully saturated rings. The summed E-state index contributed by atoms with van der Waals surface area (Å²) in [5.74, 6) is 3.02. The van der Waals surface area contributed by atoms with Crippen molar-refractivity contribution in [3.05, 3.63) is 47.3 Å². The predicted molar refractivity (Wildman–Crippen MR) is 122 cm³/mol. The summed E-state index contributed by atoms with van der Waals surface area (Å²) >= 11 is 0. The number of hydrogen-bond acceptors (Lipinski definition) is 3. The molecular weight excluding hydrogens is 372 g/mol. The van der Waals surface area contributed by atoms with Crippen molar-refractivity contribution in [2.24, 2.45) is 29.1 Å². The molecule has 0 spiro atoms. The Kier molecular flexibility index (Phi) is 6.33. The molecule has 4 saturated carbocycles. The second-order valence-corrected chi connectivity index (χ2v) is 10.8. The van der Waals surface area contributed by atoms with E-state index in [2.05, 4.69) is 38.7 Å². The zero-order valence-corrected chi connectivity index (χ0v) is 18.8. The second-order valence-electron chi connectivity index (χ2n) is 10.8. The Morgan fingerprint density at radius 3 is 2.70 bits per heavy atom. The van der Waals surface area contributed by atoms with Gasteiger partial charge in [-0.1, -0.05) is 38.2 Å². The molecule has 4 aliphatic carbocycles. The van der Waals surface area contributed by atoms with Gasteiger partial charge in [0.1, 0.15) is 0 Å². The number of allylic oxidation sites excluding steroid dienone is 5. The molecule has 6 atom stereocenters. The Labute approximate surface area is 182 Å². The van der Waals surface area contributed by atoms with Crippen LogP contribution in [0.25, 0.3) is 0 Å². The molecule has 0 amide bonds. The Morgan fingerprint density at radius 2 is 1.97 bits per heavy atom. The normalized spacial score (nSPS) is 41.3. The first-order valence-electron chi connectivity index (χ1n) is 12.1. The van der Waals surface area contributed by atoms with Crippen LogP contribution in [0.1, 0.15) is 78.1 Å². The standard InChI is InChI=1S/C27H40O3/c1-17(6-13-25(29)20-8-9-20)23-11-12-24-19(5-4-14-27(23,24)3)7-10-21-15-22(28)16-26(30)18(21)2/h7,10,13,17,20,22-24,26,28-30H,2,4-6,8-9,11-12,14-16H2,1,3H3/b19-7+,21-10-,25-13-/t17-,22-,23-,24+,26+,27-/m1/s1. The summed E-state index contributed by atoms with van der Waals surface area (Å²) in [6, 6.07) is 0. The molecule has 0 aromatic rings. The highest BCUT2D eigenvalue weighted by Crippen LogP contribution is 2.59. The molecule has 0 heterocycles. The molecule has 166 valence electrons. The largest absolute Gasteiger partial charge is 0.512 e. The van der Waals surface area contributed by atoms with Crippen LogP contribution < -0.4 is 0 Å². The summed E-state index contributed by atoms with van der Waals surface area (Å²) in [7, 11) is 0. The van der Waals surface area contributed by atoms with Gasteiger partial charge in [-0.15, -0.1) is 0 Å². The summed E-state index contributed by atoms with van der Waals surface area (Å²) in [4.78, 5) is 0. The lowest BCUT2D eigenvalue weighted by molar-refractivity contribution is 0.0862. The molecule has 0 saturated heterocycles. The van der Waals surface area contributed by atoms with Gasteiger partial charge < -0.3 is 15.3 Å². The van der Waals surface area contributed by atoms with Gasteiger partial charge in [-0.3, -0.25) is 0 Å². The van der Waals surface area contributed by atoms with E-state index >= 15 is 0 Å². The summed E-state index contributed by atoms with van der Waals surface area (Å²) in [6.45, 7) is 8.94. The van der Waals surface area contributed by atoms with E-state index in [9.17, 15) is 15.3 Å². The zero-order valence-electron chi connectivity index (χ0n) is 18.8. The Hall–Kier alpha value is -1.32. The van der Waals surface area contributed by atoms with E-state index in [1.165, 1.54) is 25.7 Å². The first-order valence-corrected chi connectivity index (χ1v) is 12.1. The lowest BCUT2D eigenvalue weighted by atomic mass is 9.61. The van der Waals surface area contributed by atoms with Gasteiger partial charge in [-0.25, -0.2) is 0 Å². The predicted octanol–water partition coefficient (Wildman–Crippen LogP) is 6.01. The molecule has 3 heteroatoms. The molecular formula is C27H40O3. The highest BCUT2D eigenvalue weighted by Gasteiger charge is 2.50. The fourth-order valence-corrected chi connectivity index (χ4v) is 6.70. The van der Waals surface area contributed by atoms with Crippen LogP contribution in [0.2, 0.25) is 0 Å². The van der Waals surface area contributed by atoms with Crippen molar-refractivity contribution < 1.29 is 15.3 Å². The van der Waals surface area contributed by atoms with Crippen LogP contribution in [-0.2, 0) is 0 Å². The summed E-state index contributed by atoms with van der Waals surface area (Å²) < 4.78 is 0. The molecule has 0 radical (unpaired) electrons. The van der Waals surface area contributed by atoms with E-state index in [4.69, 9.17) is 0 Å². The van der Waals surface area contributed by atoms with Gasteiger partial charge in [0.2, 0.25) is 0 Å². The number of fused-ring (bicyclic) bond motifs is 1. The van der Waals surface area contributed by atoms with Crippen LogP contribution in [-0.4, -0.2) is 27.5 Å². The van der Waals surface area contributed by atoms with Crippen LogP contribution in [0.4, 0.5) is 0 Å². The van der Waals surface area contributed by atoms with Crippen molar-refractivity contribution in [3.8, 4) is 0 Å². The van der Waals surface area contributed by atoms with Gasteiger partial charge in [0.15, 0.2) is 0 Å². The van der Waals surface area contributed by atoms with Crippen molar-refractivity contribution >= 4 is 0 Å². The van der Waals surface area contributed by atoms with Crippen molar-refractivity contribution in [3.63, 3.8) is 0 Å². The van der Waals surface area contributed by atoms with E-state index in [1.807, 2.05) is 0 Å². The Bertz CT molecular complexity index is 756. The number of aliphatic hydroxyl groups is 3. The lowest BCUT2D eigenvalue weighted by Crippen LogP contribution is -2.35. The second kappa shape index (κ2) is 8.67. The smallest absolute Gasteiger partial charge is 0.0913 e. The maximum absolute atomic E-state index is 10.2. The first kappa shape index (κ1) is 21.9. The van der Waals surface area contributed by atoms with E-state index in [0.29, 0.717) is 47.7 Å². The highest BCUT2D eigenvalue weighted by molar-refractivity contribution is 5.38. The molecule has 4 aliphatic rings. The zero-order chi connectivity index (χ0) is 21.5. The molecule has 0 bridgehead atoms. The molecule has 3 N–H and O–H groups in total. The minimum Gasteiger partial charge on any atom is -0.512 e. The van der Waals surface area contributed by atoms with Crippen molar-refractivity contribution in [2.45, 2.75) is 90.3 Å². The molecule has 0 unspecified atom stereocenters. The molecule has 0 aliphatic heterocycles. The quantitative estimate of drug-likeness (QED) is 0.485. The maximum Gasteiger partial charge on any atom is 0.0913 e. The van der Waals surface area contributed by atoms with Crippen LogP contribution >= 0.6 is 0 Å². The van der Waals surface area contributed by atoms with Gasteiger partial charge >= 0.3 is 0 Å². The Morgan fingerprint density at radius 1 is 1.20 bits per heavy atom. The number of rotatable bonds is 5. The maximum atomic E-state index is 10.2. The van der Waals surface area contributed by atoms with Crippen LogP contribution in [0.15, 0.2) is 47.3 Å². The van der Waals surface area contributed by atoms with Crippen molar-refractivity contribution in [1.29, 1.82) is 0 Å². The van der Waals surface area contributed by atoms with Gasteiger partial charge in [0.25, 0.3) is 0 Å². The SMILES string of the molecule is C=C1/C(=C\C=C2/CCC[C@]3(C)[C@@H]([C@H](C)C/C=C(\O)C4CC4)CC[C@@H]23)C[C@@H](O)C[C@@H]1O. The van der Waals surface area contributed by atoms with Gasteiger partial charge in [-0.2, -0.15) is 0 Å². The summed E-state index contributed by atoms with van der Waals surface area (Å²) in [5.41, 5.74) is 3.67. The van der Waals surface area contributed by atoms with E-state index in [1.54, 1.807) is 5.57 Å². The minimum absolute atomic E-state index is 0.341. The molecule has 30 heavy (non-hydrogen) atoms. The lowest BCUT2D eigenvalue weighted by Gasteiger charge is -2.44. The Balaban J connectivity index is 1.48. The van der Waals surface area contributed by atoms with Crippen LogP contribution in [0, 0.1) is 29.1 Å². The fourth-order valence-electron chi connectivity index (χ4n) is 6.70. The third-order valence-corrected chi connectivity index (χ3v) is 8.68. The van der Waals surface area contributed by atoms with E-state index in [0.717, 1.165) is 36.8 Å². The topological polar surface area (TPSA) is 60.7 Å². The summed E-state index contributed by atoms with van der Waals surface area (Å²) in [6.07, 6.45) is 16.0. The number of aliphatic hydroxyl groups excluding tert-OH is 3.